The average Bonchev–Trinajstić information content (AvgIpc) is 2.04. The molecule has 0 saturated carbocycles. The second-order valence-electron chi connectivity index (χ2n) is 5.08. The molecule has 0 fully saturated rings. The molecule has 2 N–H and O–H groups in total. The van der Waals surface area contributed by atoms with Crippen LogP contribution in [0.2, 0.25) is 0 Å². The highest BCUT2D eigenvalue weighted by molar-refractivity contribution is 4.71. The molecule has 2 nitrogen and oxygen atoms in total. The fourth-order valence-corrected chi connectivity index (χ4v) is 0.808. The van der Waals surface area contributed by atoms with Gasteiger partial charge in [-0.05, 0) is 38.6 Å². The first kappa shape index (κ1) is 12.9. The molecule has 0 saturated heterocycles. The van der Waals surface area contributed by atoms with Gasteiger partial charge >= 0.3 is 0 Å². The van der Waals surface area contributed by atoms with Crippen molar-refractivity contribution in [3.05, 3.63) is 0 Å². The second-order valence-corrected chi connectivity index (χ2v) is 5.08. The lowest BCUT2D eigenvalue weighted by Gasteiger charge is -2.27. The molecule has 0 aliphatic rings. The van der Waals surface area contributed by atoms with E-state index in [9.17, 15) is 0 Å². The second kappa shape index (κ2) is 4.97. The summed E-state index contributed by atoms with van der Waals surface area (Å²) in [5, 5.41) is 0. The van der Waals surface area contributed by atoms with Crippen LogP contribution in [0, 0.1) is 5.41 Å². The van der Waals surface area contributed by atoms with Gasteiger partial charge in [0.15, 0.2) is 0 Å². The molecule has 0 unspecified atom stereocenters. The molecule has 0 spiro atoms. The lowest BCUT2D eigenvalue weighted by molar-refractivity contribution is -0.0304. The lowest BCUT2D eigenvalue weighted by Crippen LogP contribution is -2.29. The molecule has 0 amide bonds. The summed E-state index contributed by atoms with van der Waals surface area (Å²) in [6, 6.07) is 0. The summed E-state index contributed by atoms with van der Waals surface area (Å²) < 4.78 is 5.76. The van der Waals surface area contributed by atoms with E-state index in [0.717, 1.165) is 26.0 Å². The van der Waals surface area contributed by atoms with Crippen molar-refractivity contribution in [2.24, 2.45) is 11.1 Å². The van der Waals surface area contributed by atoms with E-state index in [2.05, 4.69) is 34.6 Å². The van der Waals surface area contributed by atoms with Crippen LogP contribution >= 0.6 is 0 Å². The maximum Gasteiger partial charge on any atom is 0.0623 e. The molecule has 0 aliphatic carbocycles. The van der Waals surface area contributed by atoms with Crippen LogP contribution in [-0.2, 0) is 4.74 Å². The van der Waals surface area contributed by atoms with Crippen LogP contribution in [0.3, 0.4) is 0 Å². The Kier molecular flexibility index (Phi) is 4.93. The van der Waals surface area contributed by atoms with Gasteiger partial charge in [-0.2, -0.15) is 0 Å². The maximum absolute atomic E-state index is 5.76. The van der Waals surface area contributed by atoms with Gasteiger partial charge in [0.25, 0.3) is 0 Å². The standard InChI is InChI=1S/C11H25NO/c1-6-11(4,5)13-8-7-10(2,3)9-12/h6-9,12H2,1-5H3. The molecule has 2 heteroatoms. The van der Waals surface area contributed by atoms with E-state index in [1.54, 1.807) is 0 Å². The highest BCUT2D eigenvalue weighted by Gasteiger charge is 2.19. The van der Waals surface area contributed by atoms with E-state index in [0.29, 0.717) is 0 Å². The minimum absolute atomic E-state index is 0.0185. The van der Waals surface area contributed by atoms with Crippen molar-refractivity contribution < 1.29 is 4.74 Å². The zero-order valence-electron chi connectivity index (χ0n) is 9.81. The topological polar surface area (TPSA) is 35.2 Å². The van der Waals surface area contributed by atoms with E-state index in [1.807, 2.05) is 0 Å². The predicted molar refractivity (Wildman–Crippen MR) is 57.8 cm³/mol. The molecule has 0 heterocycles. The first-order chi connectivity index (χ1) is 5.83. The fraction of sp³-hybridized carbons (Fsp3) is 1.00. The van der Waals surface area contributed by atoms with E-state index in [1.165, 1.54) is 0 Å². The summed E-state index contributed by atoms with van der Waals surface area (Å²) in [6.07, 6.45) is 2.09. The summed E-state index contributed by atoms with van der Waals surface area (Å²) >= 11 is 0. The van der Waals surface area contributed by atoms with Gasteiger partial charge in [-0.25, -0.2) is 0 Å². The van der Waals surface area contributed by atoms with Gasteiger partial charge in [0, 0.05) is 6.61 Å². The Hall–Kier alpha value is -0.0800. The minimum atomic E-state index is 0.0185. The molecule has 0 aromatic carbocycles. The van der Waals surface area contributed by atoms with E-state index < -0.39 is 0 Å². The van der Waals surface area contributed by atoms with E-state index in [-0.39, 0.29) is 11.0 Å². The molecular weight excluding hydrogens is 162 g/mol. The molecule has 0 rings (SSSR count). The van der Waals surface area contributed by atoms with Crippen molar-refractivity contribution >= 4 is 0 Å². The maximum atomic E-state index is 5.76. The molecule has 0 aromatic rings. The van der Waals surface area contributed by atoms with Crippen LogP contribution in [0.15, 0.2) is 0 Å². The molecule has 0 radical (unpaired) electrons. The molecule has 0 atom stereocenters. The van der Waals surface area contributed by atoms with E-state index in [4.69, 9.17) is 10.5 Å². The number of nitrogens with two attached hydrogens (primary N) is 1. The predicted octanol–water partition coefficient (Wildman–Crippen LogP) is 2.57. The molecule has 80 valence electrons. The quantitative estimate of drug-likeness (QED) is 0.693. The van der Waals surface area contributed by atoms with Crippen LogP contribution < -0.4 is 5.73 Å². The smallest absolute Gasteiger partial charge is 0.0623 e. The van der Waals surface area contributed by atoms with Crippen LogP contribution in [0.1, 0.15) is 47.5 Å². The molecule has 13 heavy (non-hydrogen) atoms. The van der Waals surface area contributed by atoms with Crippen molar-refractivity contribution in [1.29, 1.82) is 0 Å². The zero-order valence-corrected chi connectivity index (χ0v) is 9.81. The Morgan fingerprint density at radius 2 is 1.69 bits per heavy atom. The summed E-state index contributed by atoms with van der Waals surface area (Å²) in [6.45, 7) is 12.3. The van der Waals surface area contributed by atoms with Crippen LogP contribution in [0.5, 0.6) is 0 Å². The average molecular weight is 187 g/mol. The Balaban J connectivity index is 3.68. The highest BCUT2D eigenvalue weighted by Crippen LogP contribution is 2.21. The Morgan fingerprint density at radius 1 is 1.15 bits per heavy atom. The first-order valence-corrected chi connectivity index (χ1v) is 5.17. The normalized spacial score (nSPS) is 13.4. The Bertz CT molecular complexity index is 125. The number of rotatable bonds is 6. The SMILES string of the molecule is CCC(C)(C)OCCC(C)(C)CN. The third-order valence-electron chi connectivity index (χ3n) is 2.68. The monoisotopic (exact) mass is 187 g/mol. The first-order valence-electron chi connectivity index (χ1n) is 5.17. The van der Waals surface area contributed by atoms with Crippen LogP contribution in [-0.4, -0.2) is 18.8 Å². The van der Waals surface area contributed by atoms with Crippen molar-refractivity contribution in [1.82, 2.24) is 0 Å². The fourth-order valence-electron chi connectivity index (χ4n) is 0.808. The van der Waals surface area contributed by atoms with Gasteiger partial charge in [-0.3, -0.25) is 0 Å². The molecule has 0 aromatic heterocycles. The number of hydrogen-bond acceptors (Lipinski definition) is 2. The summed E-state index contributed by atoms with van der Waals surface area (Å²) in [7, 11) is 0. The van der Waals surface area contributed by atoms with Crippen molar-refractivity contribution in [2.45, 2.75) is 53.1 Å². The van der Waals surface area contributed by atoms with Gasteiger partial charge in [0.1, 0.15) is 0 Å². The van der Waals surface area contributed by atoms with Crippen LogP contribution in [0.4, 0.5) is 0 Å². The molecular formula is C11H25NO. The number of ether oxygens (including phenoxy) is 1. The Morgan fingerprint density at radius 3 is 2.08 bits per heavy atom. The zero-order chi connectivity index (χ0) is 10.5. The third kappa shape index (κ3) is 6.05. The van der Waals surface area contributed by atoms with Crippen LogP contribution in [0.25, 0.3) is 0 Å². The van der Waals surface area contributed by atoms with Crippen molar-refractivity contribution in [3.8, 4) is 0 Å². The highest BCUT2D eigenvalue weighted by atomic mass is 16.5. The summed E-state index contributed by atoms with van der Waals surface area (Å²) in [5.74, 6) is 0. The van der Waals surface area contributed by atoms with E-state index >= 15 is 0 Å². The lowest BCUT2D eigenvalue weighted by atomic mass is 9.90. The molecule has 0 aliphatic heterocycles. The largest absolute Gasteiger partial charge is 0.376 e. The minimum Gasteiger partial charge on any atom is -0.376 e. The Labute approximate surface area is 82.8 Å². The van der Waals surface area contributed by atoms with Crippen molar-refractivity contribution in [2.75, 3.05) is 13.2 Å². The summed E-state index contributed by atoms with van der Waals surface area (Å²) in [4.78, 5) is 0. The summed E-state index contributed by atoms with van der Waals surface area (Å²) in [5.41, 5.74) is 5.86. The van der Waals surface area contributed by atoms with Gasteiger partial charge in [-0.15, -0.1) is 0 Å². The van der Waals surface area contributed by atoms with Gasteiger partial charge in [0.05, 0.1) is 5.60 Å². The van der Waals surface area contributed by atoms with Gasteiger partial charge < -0.3 is 10.5 Å². The van der Waals surface area contributed by atoms with Crippen molar-refractivity contribution in [3.63, 3.8) is 0 Å². The number of hydrogen-bond donors (Lipinski definition) is 1. The van der Waals surface area contributed by atoms with Gasteiger partial charge in [-0.1, -0.05) is 20.8 Å². The van der Waals surface area contributed by atoms with Gasteiger partial charge in [0.2, 0.25) is 0 Å². The third-order valence-corrected chi connectivity index (χ3v) is 2.68. The molecule has 0 bridgehead atoms.